The maximum atomic E-state index is 12.1. The van der Waals surface area contributed by atoms with E-state index in [1.807, 2.05) is 0 Å². The van der Waals surface area contributed by atoms with Crippen molar-refractivity contribution >= 4 is 38.9 Å². The van der Waals surface area contributed by atoms with Gasteiger partial charge in [-0.3, -0.25) is 25.0 Å². The highest BCUT2D eigenvalue weighted by Gasteiger charge is 2.23. The van der Waals surface area contributed by atoms with Crippen molar-refractivity contribution < 1.29 is 19.7 Å². The first-order valence-corrected chi connectivity index (χ1v) is 6.81. The van der Waals surface area contributed by atoms with E-state index in [1.54, 1.807) is 0 Å². The second-order valence-corrected chi connectivity index (χ2v) is 5.25. The summed E-state index contributed by atoms with van der Waals surface area (Å²) in [4.78, 5) is 32.1. The van der Waals surface area contributed by atoms with Gasteiger partial charge in [0.25, 0.3) is 11.6 Å². The van der Waals surface area contributed by atoms with Crippen LogP contribution in [0.3, 0.4) is 0 Å². The zero-order chi connectivity index (χ0) is 17.1. The fraction of sp³-hybridized carbons (Fsp3) is 0. The monoisotopic (exact) mass is 381 g/mol. The van der Waals surface area contributed by atoms with Crippen LogP contribution in [-0.4, -0.2) is 20.9 Å². The molecule has 0 unspecified atom stereocenters. The number of phenols is 1. The minimum atomic E-state index is -0.817. The second kappa shape index (κ2) is 6.40. The van der Waals surface area contributed by atoms with Gasteiger partial charge in [-0.15, -0.1) is 0 Å². The summed E-state index contributed by atoms with van der Waals surface area (Å²) in [5, 5.41) is 33.6. The van der Waals surface area contributed by atoms with Crippen molar-refractivity contribution in [3.05, 3.63) is 66.7 Å². The topological polar surface area (TPSA) is 136 Å². The van der Waals surface area contributed by atoms with Crippen molar-refractivity contribution in [2.24, 2.45) is 0 Å². The quantitative estimate of drug-likeness (QED) is 0.616. The number of rotatable bonds is 4. The van der Waals surface area contributed by atoms with E-state index in [-0.39, 0.29) is 21.4 Å². The molecule has 0 aliphatic heterocycles. The number of hydrogen-bond donors (Lipinski definition) is 2. The lowest BCUT2D eigenvalue weighted by atomic mass is 10.1. The molecule has 2 rings (SSSR count). The Bertz CT molecular complexity index is 806. The highest BCUT2D eigenvalue weighted by molar-refractivity contribution is 9.10. The smallest absolute Gasteiger partial charge is 0.312 e. The molecule has 118 valence electrons. The second-order valence-electron chi connectivity index (χ2n) is 4.34. The van der Waals surface area contributed by atoms with Gasteiger partial charge >= 0.3 is 5.69 Å². The molecule has 2 N–H and O–H groups in total. The third-order valence-corrected chi connectivity index (χ3v) is 3.29. The van der Waals surface area contributed by atoms with Crippen LogP contribution < -0.4 is 5.32 Å². The van der Waals surface area contributed by atoms with E-state index in [1.165, 1.54) is 30.3 Å². The van der Waals surface area contributed by atoms with E-state index in [0.29, 0.717) is 0 Å². The van der Waals surface area contributed by atoms with Gasteiger partial charge in [0.2, 0.25) is 5.75 Å². The number of hydrogen-bond acceptors (Lipinski definition) is 6. The number of anilines is 1. The lowest BCUT2D eigenvalue weighted by Crippen LogP contribution is -2.12. The Labute approximate surface area is 137 Å². The highest BCUT2D eigenvalue weighted by atomic mass is 79.9. The van der Waals surface area contributed by atoms with Crippen molar-refractivity contribution in [1.82, 2.24) is 0 Å². The van der Waals surface area contributed by atoms with Crippen molar-refractivity contribution in [2.45, 2.75) is 0 Å². The van der Waals surface area contributed by atoms with E-state index in [0.717, 1.165) is 6.07 Å². The third kappa shape index (κ3) is 3.61. The summed E-state index contributed by atoms with van der Waals surface area (Å²) in [5.41, 5.74) is -0.829. The van der Waals surface area contributed by atoms with Crippen LogP contribution in [0.15, 0.2) is 40.9 Å². The molecule has 0 aliphatic carbocycles. The first-order chi connectivity index (χ1) is 10.8. The largest absolute Gasteiger partial charge is 0.502 e. The zero-order valence-electron chi connectivity index (χ0n) is 11.2. The van der Waals surface area contributed by atoms with Crippen LogP contribution in [0.1, 0.15) is 10.4 Å². The number of benzene rings is 2. The molecule has 0 spiro atoms. The SMILES string of the molecule is O=C(Nc1ccc([N+](=O)[O-])cc1)c1cc(Br)cc([N+](=O)[O-])c1O. The van der Waals surface area contributed by atoms with Gasteiger partial charge in [0.05, 0.1) is 15.4 Å². The summed E-state index contributed by atoms with van der Waals surface area (Å²) in [5.74, 6) is -1.56. The third-order valence-electron chi connectivity index (χ3n) is 2.83. The molecule has 23 heavy (non-hydrogen) atoms. The summed E-state index contributed by atoms with van der Waals surface area (Å²) in [6.45, 7) is 0. The number of nitro groups is 2. The first kappa shape index (κ1) is 16.4. The molecule has 2 aromatic rings. The number of aromatic hydroxyl groups is 1. The lowest BCUT2D eigenvalue weighted by Gasteiger charge is -2.07. The Balaban J connectivity index is 2.30. The number of nitrogens with one attached hydrogen (secondary N) is 1. The Morgan fingerprint density at radius 1 is 1.09 bits per heavy atom. The maximum Gasteiger partial charge on any atom is 0.312 e. The van der Waals surface area contributed by atoms with Crippen LogP contribution in [0.5, 0.6) is 5.75 Å². The molecular weight excluding hydrogens is 374 g/mol. The number of carbonyl (C=O) groups excluding carboxylic acids is 1. The van der Waals surface area contributed by atoms with Crippen LogP contribution in [0.25, 0.3) is 0 Å². The van der Waals surface area contributed by atoms with Gasteiger partial charge in [-0.1, -0.05) is 15.9 Å². The molecule has 0 saturated carbocycles. The lowest BCUT2D eigenvalue weighted by molar-refractivity contribution is -0.386. The molecular formula is C13H8BrN3O6. The Morgan fingerprint density at radius 2 is 1.70 bits per heavy atom. The maximum absolute atomic E-state index is 12.1. The van der Waals surface area contributed by atoms with Gasteiger partial charge < -0.3 is 10.4 Å². The minimum absolute atomic E-state index is 0.149. The number of non-ortho nitro benzene ring substituents is 1. The number of nitrogens with zero attached hydrogens (tertiary/aromatic N) is 2. The number of halogens is 1. The van der Waals surface area contributed by atoms with E-state index in [9.17, 15) is 30.1 Å². The van der Waals surface area contributed by atoms with Gasteiger partial charge in [0, 0.05) is 28.4 Å². The summed E-state index contributed by atoms with van der Waals surface area (Å²) in [6.07, 6.45) is 0. The van der Waals surface area contributed by atoms with Gasteiger partial charge in [-0.05, 0) is 18.2 Å². The Morgan fingerprint density at radius 3 is 2.22 bits per heavy atom. The van der Waals surface area contributed by atoms with E-state index >= 15 is 0 Å². The predicted molar refractivity (Wildman–Crippen MR) is 83.5 cm³/mol. The summed E-state index contributed by atoms with van der Waals surface area (Å²) in [7, 11) is 0. The van der Waals surface area contributed by atoms with Gasteiger partial charge in [-0.25, -0.2) is 0 Å². The van der Waals surface area contributed by atoms with Crippen molar-refractivity contribution in [2.75, 3.05) is 5.32 Å². The Kier molecular flexibility index (Phi) is 4.55. The summed E-state index contributed by atoms with van der Waals surface area (Å²) < 4.78 is 0.246. The van der Waals surface area contributed by atoms with E-state index in [2.05, 4.69) is 21.2 Å². The molecule has 9 nitrogen and oxygen atoms in total. The minimum Gasteiger partial charge on any atom is -0.502 e. The molecule has 2 aromatic carbocycles. The van der Waals surface area contributed by atoms with Crippen LogP contribution in [0.4, 0.5) is 17.1 Å². The normalized spacial score (nSPS) is 10.1. The molecule has 0 heterocycles. The van der Waals surface area contributed by atoms with E-state index in [4.69, 9.17) is 0 Å². The fourth-order valence-corrected chi connectivity index (χ4v) is 2.21. The van der Waals surface area contributed by atoms with Crippen LogP contribution >= 0.6 is 15.9 Å². The van der Waals surface area contributed by atoms with Crippen molar-refractivity contribution in [3.63, 3.8) is 0 Å². The fourth-order valence-electron chi connectivity index (χ4n) is 1.76. The number of carbonyl (C=O) groups is 1. The van der Waals surface area contributed by atoms with Crippen LogP contribution in [0.2, 0.25) is 0 Å². The molecule has 1 amide bonds. The van der Waals surface area contributed by atoms with Gasteiger partial charge in [0.1, 0.15) is 0 Å². The summed E-state index contributed by atoms with van der Waals surface area (Å²) >= 11 is 3.02. The number of nitro benzene ring substituents is 2. The molecule has 0 bridgehead atoms. The number of amides is 1. The van der Waals surface area contributed by atoms with Crippen LogP contribution in [0, 0.1) is 20.2 Å². The molecule has 0 radical (unpaired) electrons. The average molecular weight is 382 g/mol. The summed E-state index contributed by atoms with van der Waals surface area (Å²) in [6, 6.07) is 7.29. The molecule has 0 aromatic heterocycles. The van der Waals surface area contributed by atoms with Crippen LogP contribution in [-0.2, 0) is 0 Å². The highest BCUT2D eigenvalue weighted by Crippen LogP contribution is 2.33. The standard InChI is InChI=1S/C13H8BrN3O6/c14-7-5-10(12(18)11(6-7)17(22)23)13(19)15-8-1-3-9(4-2-8)16(20)21/h1-6,18H,(H,15,19). The molecule has 0 aliphatic rings. The zero-order valence-corrected chi connectivity index (χ0v) is 12.8. The van der Waals surface area contributed by atoms with Crippen molar-refractivity contribution in [3.8, 4) is 5.75 Å². The van der Waals surface area contributed by atoms with Crippen molar-refractivity contribution in [1.29, 1.82) is 0 Å². The predicted octanol–water partition coefficient (Wildman–Crippen LogP) is 3.22. The molecule has 10 heteroatoms. The molecule has 0 saturated heterocycles. The molecule has 0 fully saturated rings. The van der Waals surface area contributed by atoms with E-state index < -0.39 is 27.2 Å². The van der Waals surface area contributed by atoms with Gasteiger partial charge in [-0.2, -0.15) is 0 Å². The van der Waals surface area contributed by atoms with Gasteiger partial charge in [0.15, 0.2) is 0 Å². The number of phenolic OH excluding ortho intramolecular Hbond substituents is 1. The average Bonchev–Trinajstić information content (AvgIpc) is 2.49. The Hall–Kier alpha value is -3.01. The first-order valence-electron chi connectivity index (χ1n) is 6.02. The molecule has 0 atom stereocenters.